The molecule has 4 amide bonds. The molecular weight excluding hydrogens is 392 g/mol. The predicted molar refractivity (Wildman–Crippen MR) is 112 cm³/mol. The summed E-state index contributed by atoms with van der Waals surface area (Å²) < 4.78 is 0. The molecule has 4 N–H and O–H groups in total. The maximum atomic E-state index is 11.5. The Labute approximate surface area is 178 Å². The van der Waals surface area contributed by atoms with Crippen molar-refractivity contribution >= 4 is 35.2 Å². The van der Waals surface area contributed by atoms with Gasteiger partial charge in [-0.3, -0.25) is 28.8 Å². The number of carbonyl (C=O) groups is 6. The van der Waals surface area contributed by atoms with Crippen LogP contribution < -0.4 is 21.3 Å². The van der Waals surface area contributed by atoms with Gasteiger partial charge in [0.25, 0.3) is 0 Å². The molecule has 172 valence electrons. The van der Waals surface area contributed by atoms with Crippen LogP contribution in [0.4, 0.5) is 0 Å². The fourth-order valence-corrected chi connectivity index (χ4v) is 1.95. The van der Waals surface area contributed by atoms with Crippen molar-refractivity contribution in [3.63, 3.8) is 0 Å². The molecule has 0 aromatic rings. The smallest absolute Gasteiger partial charge is 0.223 e. The summed E-state index contributed by atoms with van der Waals surface area (Å²) in [5.74, 6) is -1.93. The average molecular weight is 429 g/mol. The number of nitrogens with one attached hydrogen (secondary N) is 4. The van der Waals surface area contributed by atoms with Crippen LogP contribution in [0.2, 0.25) is 0 Å². The highest BCUT2D eigenvalue weighted by Gasteiger charge is 2.19. The van der Waals surface area contributed by atoms with Gasteiger partial charge >= 0.3 is 0 Å². The molecule has 30 heavy (non-hydrogen) atoms. The molecule has 0 fully saturated rings. The molecule has 0 radical (unpaired) electrons. The Bertz CT molecular complexity index is 635. The van der Waals surface area contributed by atoms with E-state index in [2.05, 4.69) is 21.3 Å². The summed E-state index contributed by atoms with van der Waals surface area (Å²) in [6.07, 6.45) is 0.226. The molecule has 0 saturated heterocycles. The van der Waals surface area contributed by atoms with Crippen LogP contribution in [0.25, 0.3) is 0 Å². The lowest BCUT2D eigenvalue weighted by atomic mass is 10.1. The number of carbonyl (C=O) groups excluding carboxylic acids is 6. The average Bonchev–Trinajstić information content (AvgIpc) is 2.66. The van der Waals surface area contributed by atoms with E-state index in [-0.39, 0.29) is 54.0 Å². The third kappa shape index (κ3) is 13.4. The molecule has 0 aliphatic heterocycles. The lowest BCUT2D eigenvalue weighted by Gasteiger charge is -2.14. The zero-order valence-electron chi connectivity index (χ0n) is 19.2. The van der Waals surface area contributed by atoms with E-state index < -0.39 is 18.0 Å². The van der Waals surface area contributed by atoms with E-state index in [9.17, 15) is 28.8 Å². The van der Waals surface area contributed by atoms with E-state index >= 15 is 0 Å². The van der Waals surface area contributed by atoms with E-state index in [1.54, 1.807) is 27.7 Å². The summed E-state index contributed by atoms with van der Waals surface area (Å²) in [5, 5.41) is 9.96. The van der Waals surface area contributed by atoms with Gasteiger partial charge < -0.3 is 21.3 Å². The molecule has 0 aliphatic carbocycles. The molecular formula is C20H36N4O6. The van der Waals surface area contributed by atoms with Crippen LogP contribution in [0.1, 0.15) is 54.4 Å². The number of rotatable bonds is 10. The normalized spacial score (nSPS) is 13.9. The fourth-order valence-electron chi connectivity index (χ4n) is 1.95. The van der Waals surface area contributed by atoms with Crippen LogP contribution in [-0.4, -0.2) is 61.4 Å². The number of hydrogen-bond donors (Lipinski definition) is 4. The van der Waals surface area contributed by atoms with E-state index in [0.717, 1.165) is 0 Å². The number of Topliss-reactive ketones (excluding diaryl/α,β-unsaturated/α-hetero) is 2. The van der Waals surface area contributed by atoms with Crippen LogP contribution in [0, 0.1) is 11.8 Å². The third-order valence-corrected chi connectivity index (χ3v) is 4.36. The van der Waals surface area contributed by atoms with E-state index in [1.807, 2.05) is 0 Å². The first kappa shape index (κ1) is 29.4. The van der Waals surface area contributed by atoms with Crippen LogP contribution in [0.15, 0.2) is 0 Å². The van der Waals surface area contributed by atoms with Crippen molar-refractivity contribution in [3.8, 4) is 0 Å². The second kappa shape index (κ2) is 15.1. The maximum absolute atomic E-state index is 11.5. The number of hydrogen-bond acceptors (Lipinski definition) is 6. The summed E-state index contributed by atoms with van der Waals surface area (Å²) in [6, 6.07) is -0.987. The topological polar surface area (TPSA) is 151 Å². The Morgan fingerprint density at radius 2 is 1.00 bits per heavy atom. The van der Waals surface area contributed by atoms with Crippen molar-refractivity contribution in [1.82, 2.24) is 21.3 Å². The molecule has 0 spiro atoms. The van der Waals surface area contributed by atoms with Crippen LogP contribution in [-0.2, 0) is 28.8 Å². The minimum absolute atomic E-state index is 0.0945. The predicted octanol–water partition coefficient (Wildman–Crippen LogP) is -0.295. The highest BCUT2D eigenvalue weighted by Crippen LogP contribution is 2.03. The first-order valence-corrected chi connectivity index (χ1v) is 9.79. The van der Waals surface area contributed by atoms with Crippen molar-refractivity contribution in [2.75, 3.05) is 14.1 Å². The van der Waals surface area contributed by atoms with Gasteiger partial charge in [0.05, 0.1) is 12.1 Å². The fraction of sp³-hybridized carbons (Fsp3) is 0.700. The quantitative estimate of drug-likeness (QED) is 0.375. The van der Waals surface area contributed by atoms with Crippen molar-refractivity contribution in [3.05, 3.63) is 0 Å². The Morgan fingerprint density at radius 3 is 1.40 bits per heavy atom. The van der Waals surface area contributed by atoms with Crippen molar-refractivity contribution in [2.45, 2.75) is 66.5 Å². The van der Waals surface area contributed by atoms with Gasteiger partial charge in [0.15, 0.2) is 11.6 Å². The molecule has 0 aliphatic rings. The van der Waals surface area contributed by atoms with Gasteiger partial charge in [0.2, 0.25) is 23.6 Å². The maximum Gasteiger partial charge on any atom is 0.223 e. The summed E-state index contributed by atoms with van der Waals surface area (Å²) in [7, 11) is 3.04. The van der Waals surface area contributed by atoms with Crippen LogP contribution >= 0.6 is 0 Å². The molecule has 0 unspecified atom stereocenters. The highest BCUT2D eigenvalue weighted by molar-refractivity contribution is 5.90. The molecule has 0 rings (SSSR count). The third-order valence-electron chi connectivity index (χ3n) is 4.36. The molecule has 0 saturated carbocycles. The van der Waals surface area contributed by atoms with Gasteiger partial charge in [-0.1, -0.05) is 13.8 Å². The minimum atomic E-state index is -0.496. The molecule has 0 aromatic heterocycles. The number of ketones is 2. The Balaban J connectivity index is 0. The zero-order chi connectivity index (χ0) is 24.0. The van der Waals surface area contributed by atoms with Crippen molar-refractivity contribution in [2.24, 2.45) is 11.8 Å². The first-order chi connectivity index (χ1) is 13.8. The van der Waals surface area contributed by atoms with Gasteiger partial charge in [-0.2, -0.15) is 0 Å². The number of amides is 4. The summed E-state index contributed by atoms with van der Waals surface area (Å²) in [5.41, 5.74) is 0. The Kier molecular flexibility index (Phi) is 14.8. The van der Waals surface area contributed by atoms with E-state index in [0.29, 0.717) is 0 Å². The van der Waals surface area contributed by atoms with E-state index in [1.165, 1.54) is 27.9 Å². The molecule has 0 aromatic carbocycles. The standard InChI is InChI=1S/2C10H18N2O3/c1-6(10(15)11-4)5-9(14)12-7(2)8(3)13;1-6(5-9(14)11-4)10(15)12-7(2)8(3)13/h6-7H,5H2,1-4H3,(H,11,15)(H,12,14);6-7H,5H2,1-4H3,(H,11,14)(H,12,15)/t2*6-,7+/m11/s1. The molecule has 4 atom stereocenters. The second-order valence-electron chi connectivity index (χ2n) is 7.24. The lowest BCUT2D eigenvalue weighted by Crippen LogP contribution is -2.41. The van der Waals surface area contributed by atoms with Crippen LogP contribution in [0.5, 0.6) is 0 Å². The summed E-state index contributed by atoms with van der Waals surface area (Å²) in [6.45, 7) is 9.37. The molecule has 10 nitrogen and oxygen atoms in total. The SMILES string of the molecule is CNC(=O)C[C@@H](C)C(=O)N[C@@H](C)C(C)=O.CNC(=O)[C@H](C)CC(=O)N[C@@H](C)C(C)=O. The monoisotopic (exact) mass is 428 g/mol. The van der Waals surface area contributed by atoms with Crippen LogP contribution in [0.3, 0.4) is 0 Å². The van der Waals surface area contributed by atoms with Gasteiger partial charge in [0.1, 0.15) is 0 Å². The first-order valence-electron chi connectivity index (χ1n) is 9.79. The Morgan fingerprint density at radius 1 is 0.600 bits per heavy atom. The molecule has 0 bridgehead atoms. The van der Waals surface area contributed by atoms with Gasteiger partial charge in [0, 0.05) is 38.8 Å². The van der Waals surface area contributed by atoms with Crippen molar-refractivity contribution < 1.29 is 28.8 Å². The summed E-state index contributed by atoms with van der Waals surface area (Å²) >= 11 is 0. The van der Waals surface area contributed by atoms with Gasteiger partial charge in [-0.15, -0.1) is 0 Å². The van der Waals surface area contributed by atoms with Crippen molar-refractivity contribution in [1.29, 1.82) is 0 Å². The second-order valence-corrected chi connectivity index (χ2v) is 7.24. The van der Waals surface area contributed by atoms with E-state index in [4.69, 9.17) is 0 Å². The van der Waals surface area contributed by atoms with Gasteiger partial charge in [-0.05, 0) is 27.7 Å². The lowest BCUT2D eigenvalue weighted by molar-refractivity contribution is -0.131. The highest BCUT2D eigenvalue weighted by atomic mass is 16.2. The zero-order valence-corrected chi connectivity index (χ0v) is 19.2. The largest absolute Gasteiger partial charge is 0.359 e. The Hall–Kier alpha value is -2.78. The molecule has 10 heteroatoms. The molecule has 0 heterocycles. The van der Waals surface area contributed by atoms with Gasteiger partial charge in [-0.25, -0.2) is 0 Å². The minimum Gasteiger partial charge on any atom is -0.359 e. The summed E-state index contributed by atoms with van der Waals surface area (Å²) in [4.78, 5) is 66.7.